The number of hydrogen-bond donors (Lipinski definition) is 3. The summed E-state index contributed by atoms with van der Waals surface area (Å²) in [5.41, 5.74) is 5.92. The Morgan fingerprint density at radius 3 is 2.53 bits per heavy atom. The smallest absolute Gasteiger partial charge is 0.323 e. The van der Waals surface area contributed by atoms with Crippen LogP contribution in [0.25, 0.3) is 0 Å². The normalized spacial score (nSPS) is 19.4. The first-order valence-electron chi connectivity index (χ1n) is 13.1. The zero-order chi connectivity index (χ0) is 26.4. The average molecular weight is 507 g/mol. The van der Waals surface area contributed by atoms with Crippen LogP contribution in [-0.4, -0.2) is 67.3 Å². The van der Waals surface area contributed by atoms with E-state index >= 15 is 0 Å². The topological polar surface area (TPSA) is 157 Å². The molecule has 36 heavy (non-hydrogen) atoms. The molecule has 2 rings (SSSR count). The minimum absolute atomic E-state index is 0.00762. The van der Waals surface area contributed by atoms with Crippen LogP contribution < -0.4 is 16.4 Å². The van der Waals surface area contributed by atoms with E-state index in [1.165, 1.54) is 32.0 Å². The first-order valence-corrected chi connectivity index (χ1v) is 13.1. The van der Waals surface area contributed by atoms with E-state index < -0.39 is 23.7 Å². The van der Waals surface area contributed by atoms with E-state index in [0.29, 0.717) is 25.8 Å². The molecule has 0 aromatic carbocycles. The molecular formula is C25H42N6O5. The second-order valence-corrected chi connectivity index (χ2v) is 9.58. The summed E-state index contributed by atoms with van der Waals surface area (Å²) in [6, 6.07) is -0.641. The number of amidine groups is 1. The van der Waals surface area contributed by atoms with Crippen molar-refractivity contribution >= 4 is 35.7 Å². The number of carbonyl (C=O) groups is 3. The van der Waals surface area contributed by atoms with Crippen LogP contribution in [0.4, 0.5) is 0 Å². The number of amides is 1. The van der Waals surface area contributed by atoms with Crippen molar-refractivity contribution in [2.45, 2.75) is 96.8 Å². The number of carbonyl (C=O) groups excluding carboxylic acids is 3. The number of nitrogens with one attached hydrogen (secondary N) is 2. The summed E-state index contributed by atoms with van der Waals surface area (Å²) in [6.45, 7) is 6.41. The monoisotopic (exact) mass is 506 g/mol. The number of nitrogens with zero attached hydrogens (tertiary/aromatic N) is 3. The zero-order valence-electron chi connectivity index (χ0n) is 21.9. The lowest BCUT2D eigenvalue weighted by atomic mass is 10.1. The first kappa shape index (κ1) is 29.6. The molecule has 0 fully saturated rings. The number of fused-ring (bicyclic) bond motifs is 1. The Kier molecular flexibility index (Phi) is 12.7. The maximum absolute atomic E-state index is 12.5. The Morgan fingerprint density at radius 2 is 1.81 bits per heavy atom. The SMILES string of the molecule is CCCCCCCCCC(=O)OCC1(NCCCCOC(=O)[C@@H](N)C(C)C)N=C2N=CN=C2C(=O)N1. The quantitative estimate of drug-likeness (QED) is 0.190. The number of aliphatic imine (C=N–C) groups is 3. The number of rotatable bonds is 18. The summed E-state index contributed by atoms with van der Waals surface area (Å²) >= 11 is 0. The van der Waals surface area contributed by atoms with Gasteiger partial charge in [0.2, 0.25) is 5.79 Å². The molecule has 0 spiro atoms. The Hall–Kier alpha value is -2.66. The lowest BCUT2D eigenvalue weighted by molar-refractivity contribution is -0.147. The van der Waals surface area contributed by atoms with E-state index in [9.17, 15) is 14.4 Å². The molecule has 2 aliphatic rings. The van der Waals surface area contributed by atoms with Gasteiger partial charge < -0.3 is 20.5 Å². The summed E-state index contributed by atoms with van der Waals surface area (Å²) in [5.74, 6) is -2.32. The molecule has 0 aromatic heterocycles. The van der Waals surface area contributed by atoms with Gasteiger partial charge in [0.25, 0.3) is 5.91 Å². The van der Waals surface area contributed by atoms with Gasteiger partial charge in [0, 0.05) is 6.42 Å². The highest BCUT2D eigenvalue weighted by Gasteiger charge is 2.41. The summed E-state index contributed by atoms with van der Waals surface area (Å²) in [7, 11) is 0. The molecule has 4 N–H and O–H groups in total. The van der Waals surface area contributed by atoms with Gasteiger partial charge in [0.1, 0.15) is 19.0 Å². The molecule has 0 radical (unpaired) electrons. The fourth-order valence-electron chi connectivity index (χ4n) is 3.71. The Balaban J connectivity index is 1.81. The van der Waals surface area contributed by atoms with Crippen molar-refractivity contribution in [2.75, 3.05) is 19.8 Å². The summed E-state index contributed by atoms with van der Waals surface area (Å²) < 4.78 is 10.7. The van der Waals surface area contributed by atoms with Crippen molar-refractivity contribution in [1.29, 1.82) is 0 Å². The minimum Gasteiger partial charge on any atom is -0.465 e. The van der Waals surface area contributed by atoms with Crippen LogP contribution in [0, 0.1) is 5.92 Å². The van der Waals surface area contributed by atoms with Crippen LogP contribution in [0.15, 0.2) is 15.0 Å². The molecular weight excluding hydrogens is 464 g/mol. The van der Waals surface area contributed by atoms with Crippen molar-refractivity contribution in [2.24, 2.45) is 26.6 Å². The molecule has 0 aromatic rings. The molecule has 2 aliphatic heterocycles. The van der Waals surface area contributed by atoms with E-state index in [1.54, 1.807) is 0 Å². The van der Waals surface area contributed by atoms with Crippen LogP contribution in [0.1, 0.15) is 85.0 Å². The maximum Gasteiger partial charge on any atom is 0.323 e. The van der Waals surface area contributed by atoms with Gasteiger partial charge in [0.05, 0.1) is 6.61 Å². The van der Waals surface area contributed by atoms with E-state index in [4.69, 9.17) is 15.2 Å². The number of esters is 2. The van der Waals surface area contributed by atoms with Gasteiger partial charge in [-0.3, -0.25) is 19.7 Å². The Morgan fingerprint density at radius 1 is 1.08 bits per heavy atom. The number of ether oxygens (including phenoxy) is 2. The third kappa shape index (κ3) is 9.77. The van der Waals surface area contributed by atoms with Gasteiger partial charge in [-0.15, -0.1) is 0 Å². The summed E-state index contributed by atoms with van der Waals surface area (Å²) in [5, 5.41) is 5.93. The third-order valence-corrected chi connectivity index (χ3v) is 6.06. The predicted molar refractivity (Wildman–Crippen MR) is 139 cm³/mol. The molecule has 11 heteroatoms. The highest BCUT2D eigenvalue weighted by molar-refractivity contribution is 6.69. The Bertz CT molecular complexity index is 841. The standard InChI is InChI=1S/C25H42N6O5/c1-4-5-6-7-8-9-10-13-19(32)36-16-25(30-22-21(23(33)31-25)27-17-28-22)29-14-11-12-15-35-24(34)20(26)18(2)3/h17-18,20,29H,4-16,26H2,1-3H3,(H,31,33)/t20-,25?/m0/s1. The molecule has 11 nitrogen and oxygen atoms in total. The van der Waals surface area contributed by atoms with Crippen molar-refractivity contribution in [3.05, 3.63) is 0 Å². The van der Waals surface area contributed by atoms with Gasteiger partial charge in [-0.05, 0) is 31.7 Å². The third-order valence-electron chi connectivity index (χ3n) is 6.06. The average Bonchev–Trinajstić information content (AvgIpc) is 3.32. The van der Waals surface area contributed by atoms with E-state index in [2.05, 4.69) is 32.5 Å². The zero-order valence-corrected chi connectivity index (χ0v) is 21.9. The molecule has 1 amide bonds. The van der Waals surface area contributed by atoms with Gasteiger partial charge in [0.15, 0.2) is 11.5 Å². The van der Waals surface area contributed by atoms with Crippen LogP contribution in [0.5, 0.6) is 0 Å². The highest BCUT2D eigenvalue weighted by Crippen LogP contribution is 2.15. The van der Waals surface area contributed by atoms with Crippen molar-refractivity contribution in [3.63, 3.8) is 0 Å². The first-order chi connectivity index (χ1) is 17.3. The highest BCUT2D eigenvalue weighted by atomic mass is 16.5. The van der Waals surface area contributed by atoms with Crippen LogP contribution >= 0.6 is 0 Å². The molecule has 0 saturated heterocycles. The van der Waals surface area contributed by atoms with E-state index in [-0.39, 0.29) is 36.6 Å². The van der Waals surface area contributed by atoms with Gasteiger partial charge in [-0.25, -0.2) is 15.0 Å². The van der Waals surface area contributed by atoms with E-state index in [0.717, 1.165) is 19.3 Å². The van der Waals surface area contributed by atoms with Gasteiger partial charge in [-0.2, -0.15) is 0 Å². The molecule has 0 aliphatic carbocycles. The van der Waals surface area contributed by atoms with Crippen molar-refractivity contribution in [1.82, 2.24) is 10.6 Å². The fourth-order valence-corrected chi connectivity index (χ4v) is 3.71. The summed E-state index contributed by atoms with van der Waals surface area (Å²) in [4.78, 5) is 49.2. The lowest BCUT2D eigenvalue weighted by Crippen LogP contribution is -2.65. The van der Waals surface area contributed by atoms with E-state index in [1.807, 2.05) is 13.8 Å². The van der Waals surface area contributed by atoms with Crippen molar-refractivity contribution < 1.29 is 23.9 Å². The van der Waals surface area contributed by atoms with Crippen LogP contribution in [0.2, 0.25) is 0 Å². The molecule has 1 unspecified atom stereocenters. The van der Waals surface area contributed by atoms with Crippen LogP contribution in [0.3, 0.4) is 0 Å². The molecule has 2 atom stereocenters. The number of hydrogen-bond acceptors (Lipinski definition) is 10. The molecule has 0 saturated carbocycles. The van der Waals surface area contributed by atoms with Crippen molar-refractivity contribution in [3.8, 4) is 0 Å². The maximum atomic E-state index is 12.5. The second kappa shape index (κ2) is 15.5. The minimum atomic E-state index is -1.33. The van der Waals surface area contributed by atoms with Gasteiger partial charge in [-0.1, -0.05) is 59.3 Å². The Labute approximate surface area is 213 Å². The fraction of sp³-hybridized carbons (Fsp3) is 0.760. The molecule has 0 bridgehead atoms. The molecule has 202 valence electrons. The predicted octanol–water partition coefficient (Wildman–Crippen LogP) is 2.23. The summed E-state index contributed by atoms with van der Waals surface area (Å²) in [6.07, 6.45) is 10.6. The number of unbranched alkanes of at least 4 members (excludes halogenated alkanes) is 7. The largest absolute Gasteiger partial charge is 0.465 e. The van der Waals surface area contributed by atoms with Crippen LogP contribution in [-0.2, 0) is 23.9 Å². The molecule has 2 heterocycles. The number of nitrogens with two attached hydrogens (primary N) is 1. The van der Waals surface area contributed by atoms with Gasteiger partial charge >= 0.3 is 11.9 Å². The second-order valence-electron chi connectivity index (χ2n) is 9.58. The lowest BCUT2D eigenvalue weighted by Gasteiger charge is -2.34.